The number of tetrazole rings is 1. The normalized spacial score (nSPS) is 15.8. The maximum absolute atomic E-state index is 14.8. The van der Waals surface area contributed by atoms with E-state index in [0.717, 1.165) is 22.5 Å². The molecule has 0 saturated carbocycles. The van der Waals surface area contributed by atoms with E-state index in [4.69, 9.17) is 4.74 Å². The lowest BCUT2D eigenvalue weighted by atomic mass is 10.1. The maximum atomic E-state index is 14.8. The molecular formula is C34H30N8O3. The molecule has 5 aromatic rings. The van der Waals surface area contributed by atoms with Crippen molar-refractivity contribution < 1.29 is 14.3 Å². The third kappa shape index (κ3) is 5.14. The number of aromatic nitrogens is 4. The number of fused-ring (bicyclic) bond motifs is 2. The Morgan fingerprint density at radius 1 is 0.822 bits per heavy atom. The lowest BCUT2D eigenvalue weighted by molar-refractivity contribution is 0.109. The predicted octanol–water partition coefficient (Wildman–Crippen LogP) is 6.23. The number of ether oxygens (including phenoxy) is 1. The second kappa shape index (κ2) is 12.0. The SMILES string of the molecule is COC1=Cc2ccccc2N(C(=O)N2CCN(C(=O)N(c3ccccc3)c3ccccc3)C[C@H]2c2nn[nH]n2)c2ccccc21. The molecule has 1 saturated heterocycles. The molecule has 4 aromatic carbocycles. The molecule has 2 aliphatic heterocycles. The van der Waals surface area contributed by atoms with Crippen LogP contribution in [0.25, 0.3) is 11.8 Å². The first-order valence-electron chi connectivity index (χ1n) is 14.6. The smallest absolute Gasteiger partial charge is 0.329 e. The molecule has 4 amide bonds. The highest BCUT2D eigenvalue weighted by Gasteiger charge is 2.41. The van der Waals surface area contributed by atoms with Crippen LogP contribution in [0.3, 0.4) is 0 Å². The Labute approximate surface area is 259 Å². The summed E-state index contributed by atoms with van der Waals surface area (Å²) in [6.45, 7) is 0.708. The van der Waals surface area contributed by atoms with E-state index in [9.17, 15) is 9.59 Å². The van der Waals surface area contributed by atoms with Crippen LogP contribution in [0, 0.1) is 0 Å². The number of para-hydroxylation sites is 4. The molecule has 0 unspecified atom stereocenters. The van der Waals surface area contributed by atoms with Gasteiger partial charge >= 0.3 is 12.1 Å². The maximum Gasteiger partial charge on any atom is 0.329 e. The average Bonchev–Trinajstić information content (AvgIpc) is 3.59. The summed E-state index contributed by atoms with van der Waals surface area (Å²) in [6.07, 6.45) is 1.94. The first kappa shape index (κ1) is 27.8. The largest absolute Gasteiger partial charge is 0.496 e. The van der Waals surface area contributed by atoms with Gasteiger partial charge in [-0.1, -0.05) is 71.9 Å². The number of methoxy groups -OCH3 is 1. The minimum Gasteiger partial charge on any atom is -0.496 e. The zero-order valence-electron chi connectivity index (χ0n) is 24.5. The summed E-state index contributed by atoms with van der Waals surface area (Å²) in [5, 5.41) is 14.8. The molecule has 0 spiro atoms. The molecule has 11 nitrogen and oxygen atoms in total. The molecule has 11 heteroatoms. The topological polar surface area (TPSA) is 111 Å². The van der Waals surface area contributed by atoms with Crippen molar-refractivity contribution in [3.63, 3.8) is 0 Å². The molecule has 45 heavy (non-hydrogen) atoms. The average molecular weight is 599 g/mol. The Morgan fingerprint density at radius 2 is 1.47 bits per heavy atom. The zero-order valence-corrected chi connectivity index (χ0v) is 24.5. The molecule has 0 radical (unpaired) electrons. The molecule has 3 heterocycles. The van der Waals surface area contributed by atoms with Crippen LogP contribution in [0.2, 0.25) is 0 Å². The molecule has 1 N–H and O–H groups in total. The lowest BCUT2D eigenvalue weighted by Gasteiger charge is -2.43. The molecule has 1 aromatic heterocycles. The van der Waals surface area contributed by atoms with Crippen LogP contribution in [0.1, 0.15) is 23.0 Å². The number of carbonyl (C=O) groups excluding carboxylic acids is 2. The van der Waals surface area contributed by atoms with Crippen molar-refractivity contribution in [2.75, 3.05) is 36.5 Å². The van der Waals surface area contributed by atoms with E-state index < -0.39 is 6.04 Å². The van der Waals surface area contributed by atoms with Gasteiger partial charge in [0.25, 0.3) is 0 Å². The standard InChI is InChI=1S/C34H30N8O3/c1-45-31-22-24-12-8-10-18-28(24)42(29-19-11-9-17-27(29)31)34(44)40-21-20-39(23-30(40)32-35-37-38-36-32)33(43)41(25-13-4-2-5-14-25)26-15-6-3-7-16-26/h2-19,22,30H,20-21,23H2,1H3,(H,35,36,37,38)/t30-/m0/s1. The minimum absolute atomic E-state index is 0.166. The van der Waals surface area contributed by atoms with E-state index >= 15 is 0 Å². The van der Waals surface area contributed by atoms with Gasteiger partial charge in [0.15, 0.2) is 5.82 Å². The Morgan fingerprint density at radius 3 is 2.13 bits per heavy atom. The number of anilines is 4. The Kier molecular flexibility index (Phi) is 7.40. The van der Waals surface area contributed by atoms with Crippen molar-refractivity contribution in [3.05, 3.63) is 126 Å². The number of aromatic amines is 1. The Bertz CT molecular complexity index is 1810. The molecule has 1 fully saturated rings. The molecule has 224 valence electrons. The third-order valence-corrected chi connectivity index (χ3v) is 8.06. The lowest BCUT2D eigenvalue weighted by Crippen LogP contribution is -2.57. The summed E-state index contributed by atoms with van der Waals surface area (Å²) in [6, 6.07) is 33.2. The number of hydrogen-bond donors (Lipinski definition) is 1. The van der Waals surface area contributed by atoms with Gasteiger partial charge in [0.2, 0.25) is 0 Å². The zero-order chi connectivity index (χ0) is 30.8. The summed E-state index contributed by atoms with van der Waals surface area (Å²) < 4.78 is 5.77. The second-order valence-corrected chi connectivity index (χ2v) is 10.6. The molecule has 1 atom stereocenters. The third-order valence-electron chi connectivity index (χ3n) is 8.06. The first-order chi connectivity index (χ1) is 22.1. The highest BCUT2D eigenvalue weighted by atomic mass is 16.5. The van der Waals surface area contributed by atoms with Crippen LogP contribution in [-0.4, -0.2) is 69.2 Å². The van der Waals surface area contributed by atoms with Crippen LogP contribution in [0.5, 0.6) is 0 Å². The molecule has 0 bridgehead atoms. The van der Waals surface area contributed by atoms with Crippen molar-refractivity contribution in [2.45, 2.75) is 6.04 Å². The fraction of sp³-hybridized carbons (Fsp3) is 0.147. The quantitative estimate of drug-likeness (QED) is 0.263. The number of urea groups is 2. The van der Waals surface area contributed by atoms with Gasteiger partial charge in [0, 0.05) is 24.2 Å². The van der Waals surface area contributed by atoms with Crippen LogP contribution < -0.4 is 9.80 Å². The van der Waals surface area contributed by atoms with Crippen LogP contribution >= 0.6 is 0 Å². The number of rotatable bonds is 4. The van der Waals surface area contributed by atoms with Gasteiger partial charge < -0.3 is 14.5 Å². The molecule has 7 rings (SSSR count). The summed E-state index contributed by atoms with van der Waals surface area (Å²) in [5.41, 5.74) is 4.50. The second-order valence-electron chi connectivity index (χ2n) is 10.6. The summed E-state index contributed by atoms with van der Waals surface area (Å²) >= 11 is 0. The number of H-pyrrole nitrogens is 1. The van der Waals surface area contributed by atoms with Gasteiger partial charge in [-0.25, -0.2) is 9.59 Å². The highest BCUT2D eigenvalue weighted by Crippen LogP contribution is 2.41. The molecule has 0 aliphatic carbocycles. The summed E-state index contributed by atoms with van der Waals surface area (Å²) in [7, 11) is 1.62. The summed E-state index contributed by atoms with van der Waals surface area (Å²) in [5.74, 6) is 0.972. The van der Waals surface area contributed by atoms with E-state index in [1.54, 1.807) is 26.7 Å². The van der Waals surface area contributed by atoms with Gasteiger partial charge in [0.1, 0.15) is 11.8 Å². The van der Waals surface area contributed by atoms with Crippen LogP contribution in [0.4, 0.5) is 32.3 Å². The number of piperazine rings is 1. The van der Waals surface area contributed by atoms with E-state index in [1.165, 1.54) is 0 Å². The van der Waals surface area contributed by atoms with Crippen molar-refractivity contribution in [1.82, 2.24) is 30.4 Å². The van der Waals surface area contributed by atoms with Gasteiger partial charge in [-0.3, -0.25) is 9.80 Å². The van der Waals surface area contributed by atoms with Crippen LogP contribution in [-0.2, 0) is 4.74 Å². The summed E-state index contributed by atoms with van der Waals surface area (Å²) in [4.78, 5) is 35.9. The fourth-order valence-corrected chi connectivity index (χ4v) is 5.93. The number of nitrogens with one attached hydrogen (secondary N) is 1. The number of benzene rings is 4. The number of carbonyl (C=O) groups is 2. The number of amides is 4. The Hall–Kier alpha value is -5.97. The van der Waals surface area contributed by atoms with E-state index in [0.29, 0.717) is 29.5 Å². The van der Waals surface area contributed by atoms with Gasteiger partial charge in [-0.05, 0) is 48.5 Å². The minimum atomic E-state index is -0.667. The van der Waals surface area contributed by atoms with Crippen LogP contribution in [0.15, 0.2) is 109 Å². The number of nitrogens with zero attached hydrogens (tertiary/aromatic N) is 7. The van der Waals surface area contributed by atoms with Crippen molar-refractivity contribution >= 4 is 46.6 Å². The molecular weight excluding hydrogens is 568 g/mol. The van der Waals surface area contributed by atoms with Crippen molar-refractivity contribution in [1.29, 1.82) is 0 Å². The van der Waals surface area contributed by atoms with Crippen molar-refractivity contribution in [2.24, 2.45) is 0 Å². The molecule has 2 aliphatic rings. The fourth-order valence-electron chi connectivity index (χ4n) is 5.93. The van der Waals surface area contributed by atoms with Gasteiger partial charge in [0.05, 0.1) is 36.4 Å². The van der Waals surface area contributed by atoms with Gasteiger partial charge in [-0.15, -0.1) is 10.2 Å². The number of hydrogen-bond acceptors (Lipinski definition) is 6. The van der Waals surface area contributed by atoms with E-state index in [1.807, 2.05) is 115 Å². The Balaban J connectivity index is 1.26. The monoisotopic (exact) mass is 598 g/mol. The van der Waals surface area contributed by atoms with E-state index in [-0.39, 0.29) is 25.2 Å². The predicted molar refractivity (Wildman–Crippen MR) is 171 cm³/mol. The first-order valence-corrected chi connectivity index (χ1v) is 14.6. The highest BCUT2D eigenvalue weighted by molar-refractivity contribution is 6.07. The van der Waals surface area contributed by atoms with Crippen molar-refractivity contribution in [3.8, 4) is 0 Å². The van der Waals surface area contributed by atoms with Gasteiger partial charge in [-0.2, -0.15) is 5.21 Å². The van der Waals surface area contributed by atoms with E-state index in [2.05, 4.69) is 20.6 Å².